The topological polar surface area (TPSA) is 207 Å². The molecule has 188 valence electrons. The smallest absolute Gasteiger partial charge is 0.333 e. The number of aromatic nitrogens is 4. The zero-order valence-electron chi connectivity index (χ0n) is 19.0. The summed E-state index contributed by atoms with van der Waals surface area (Å²) in [4.78, 5) is 55.5. The number of nitrogens with zero attached hydrogens (tertiary/aromatic N) is 6. The van der Waals surface area contributed by atoms with Gasteiger partial charge in [0.25, 0.3) is 11.1 Å². The Labute approximate surface area is 196 Å². The lowest BCUT2D eigenvalue weighted by Crippen LogP contribution is -2.46. The maximum Gasteiger partial charge on any atom is 0.333 e. The maximum absolute atomic E-state index is 13.5. The molecule has 3 N–H and O–H groups in total. The Kier molecular flexibility index (Phi) is 6.78. The van der Waals surface area contributed by atoms with Gasteiger partial charge in [0.15, 0.2) is 0 Å². The standard InChI is InChI=1S/C20H25N7O8/c1-9-5-25(19(32)22-17(9)30)16-4-12(14(8-29)35-16)27-18(31)10(2)6-26(20(27)33)15-3-11(23-24-21)13(7-28)34-15/h5-6,11-16,28-29H,3-4,7-8H2,1-2H3,(H,22,30,32)/t11-,12-,13+,14+,15+,16+/m0/s1. The number of aliphatic hydroxyl groups excluding tert-OH is 2. The van der Waals surface area contributed by atoms with Gasteiger partial charge in [0.05, 0.1) is 31.4 Å². The highest BCUT2D eigenvalue weighted by Crippen LogP contribution is 2.35. The van der Waals surface area contributed by atoms with E-state index in [0.29, 0.717) is 0 Å². The molecule has 0 unspecified atom stereocenters. The molecule has 2 saturated heterocycles. The Hall–Kier alpha value is -3.49. The molecule has 15 nitrogen and oxygen atoms in total. The van der Waals surface area contributed by atoms with E-state index in [0.717, 1.165) is 9.13 Å². The highest BCUT2D eigenvalue weighted by atomic mass is 16.5. The minimum Gasteiger partial charge on any atom is -0.394 e. The van der Waals surface area contributed by atoms with Crippen molar-refractivity contribution in [3.63, 3.8) is 0 Å². The number of aliphatic hydroxyl groups is 2. The summed E-state index contributed by atoms with van der Waals surface area (Å²) in [6, 6.07) is -1.64. The van der Waals surface area contributed by atoms with Crippen molar-refractivity contribution in [2.24, 2.45) is 5.11 Å². The highest BCUT2D eigenvalue weighted by Gasteiger charge is 2.41. The van der Waals surface area contributed by atoms with Gasteiger partial charge in [-0.25, -0.2) is 9.59 Å². The number of ether oxygens (including phenoxy) is 2. The van der Waals surface area contributed by atoms with Gasteiger partial charge in [-0.15, -0.1) is 0 Å². The number of hydrogen-bond donors (Lipinski definition) is 3. The van der Waals surface area contributed by atoms with Gasteiger partial charge in [-0.2, -0.15) is 0 Å². The summed E-state index contributed by atoms with van der Waals surface area (Å²) >= 11 is 0. The van der Waals surface area contributed by atoms with Gasteiger partial charge in [0, 0.05) is 41.3 Å². The lowest BCUT2D eigenvalue weighted by molar-refractivity contribution is -0.0347. The molecule has 2 aromatic heterocycles. The quantitative estimate of drug-likeness (QED) is 0.258. The second-order valence-electron chi connectivity index (χ2n) is 8.59. The van der Waals surface area contributed by atoms with E-state index in [1.54, 1.807) is 0 Å². The van der Waals surface area contributed by atoms with Crippen molar-refractivity contribution in [3.05, 3.63) is 75.6 Å². The van der Waals surface area contributed by atoms with Gasteiger partial charge in [0.1, 0.15) is 18.6 Å². The summed E-state index contributed by atoms with van der Waals surface area (Å²) in [5.74, 6) is 0. The van der Waals surface area contributed by atoms with Crippen LogP contribution in [-0.4, -0.2) is 60.4 Å². The number of aryl methyl sites for hydroxylation is 2. The zero-order chi connectivity index (χ0) is 25.4. The van der Waals surface area contributed by atoms with Gasteiger partial charge in [0.2, 0.25) is 0 Å². The molecule has 2 aliphatic heterocycles. The largest absolute Gasteiger partial charge is 0.394 e. The molecular weight excluding hydrogens is 466 g/mol. The first-order chi connectivity index (χ1) is 16.7. The van der Waals surface area contributed by atoms with Crippen molar-refractivity contribution in [1.29, 1.82) is 0 Å². The first-order valence-corrected chi connectivity index (χ1v) is 10.9. The predicted molar refractivity (Wildman–Crippen MR) is 119 cm³/mol. The minimum absolute atomic E-state index is 0.0125. The third-order valence-corrected chi connectivity index (χ3v) is 6.38. The first-order valence-electron chi connectivity index (χ1n) is 10.9. The average molecular weight is 491 g/mol. The Bertz CT molecular complexity index is 1400. The van der Waals surface area contributed by atoms with Crippen molar-refractivity contribution in [3.8, 4) is 0 Å². The molecule has 6 atom stereocenters. The van der Waals surface area contributed by atoms with Crippen molar-refractivity contribution >= 4 is 0 Å². The van der Waals surface area contributed by atoms with E-state index < -0.39 is 72.5 Å². The van der Waals surface area contributed by atoms with Crippen molar-refractivity contribution < 1.29 is 19.7 Å². The van der Waals surface area contributed by atoms with E-state index in [9.17, 15) is 29.4 Å². The number of H-pyrrole nitrogens is 1. The summed E-state index contributed by atoms with van der Waals surface area (Å²) < 4.78 is 14.8. The Balaban J connectivity index is 1.75. The molecule has 2 aliphatic rings. The summed E-state index contributed by atoms with van der Waals surface area (Å²) in [7, 11) is 0. The zero-order valence-corrected chi connectivity index (χ0v) is 19.0. The molecule has 0 aromatic carbocycles. The van der Waals surface area contributed by atoms with E-state index in [1.165, 1.54) is 30.8 Å². The number of aromatic amines is 1. The van der Waals surface area contributed by atoms with Crippen LogP contribution in [0.1, 0.15) is 42.5 Å². The molecule has 35 heavy (non-hydrogen) atoms. The van der Waals surface area contributed by atoms with Gasteiger partial charge in [-0.3, -0.25) is 28.3 Å². The van der Waals surface area contributed by atoms with E-state index in [1.807, 2.05) is 0 Å². The van der Waals surface area contributed by atoms with E-state index in [4.69, 9.17) is 15.0 Å². The molecule has 4 rings (SSSR count). The van der Waals surface area contributed by atoms with E-state index >= 15 is 0 Å². The van der Waals surface area contributed by atoms with Crippen LogP contribution in [0.25, 0.3) is 10.4 Å². The lowest BCUT2D eigenvalue weighted by atomic mass is 10.1. The van der Waals surface area contributed by atoms with Crippen LogP contribution < -0.4 is 22.5 Å². The second kappa shape index (κ2) is 9.64. The van der Waals surface area contributed by atoms with E-state index in [2.05, 4.69) is 15.0 Å². The van der Waals surface area contributed by atoms with Crippen LogP contribution in [-0.2, 0) is 9.47 Å². The Morgan fingerprint density at radius 1 is 1.03 bits per heavy atom. The third kappa shape index (κ3) is 4.35. The second-order valence-corrected chi connectivity index (χ2v) is 8.59. The Morgan fingerprint density at radius 2 is 1.66 bits per heavy atom. The van der Waals surface area contributed by atoms with Gasteiger partial charge >= 0.3 is 11.4 Å². The molecule has 0 radical (unpaired) electrons. The summed E-state index contributed by atoms with van der Waals surface area (Å²) in [6.45, 7) is 2.06. The highest BCUT2D eigenvalue weighted by molar-refractivity contribution is 5.07. The number of hydrogen-bond acceptors (Lipinski definition) is 9. The molecule has 0 bridgehead atoms. The fourth-order valence-corrected chi connectivity index (χ4v) is 4.58. The van der Waals surface area contributed by atoms with Gasteiger partial charge in [-0.05, 0) is 19.4 Å². The molecule has 0 aliphatic carbocycles. The van der Waals surface area contributed by atoms with Crippen LogP contribution in [0.4, 0.5) is 0 Å². The van der Waals surface area contributed by atoms with Crippen LogP contribution in [0, 0.1) is 13.8 Å². The van der Waals surface area contributed by atoms with Crippen LogP contribution in [0.3, 0.4) is 0 Å². The molecular formula is C20H25N7O8. The maximum atomic E-state index is 13.5. The number of nitrogens with one attached hydrogen (secondary N) is 1. The number of azide groups is 1. The van der Waals surface area contributed by atoms with Crippen LogP contribution in [0.15, 0.2) is 36.7 Å². The van der Waals surface area contributed by atoms with E-state index in [-0.39, 0.29) is 24.0 Å². The first kappa shape index (κ1) is 24.6. The SMILES string of the molecule is Cc1cn([C@H]2C[C@H](n3c(=O)c(C)cn([C@H]4C[C@H](N=[N+]=[N-])[C@@H](CO)O4)c3=O)[C@@H](CO)O2)c(=O)[nH]c1=O. The summed E-state index contributed by atoms with van der Waals surface area (Å²) in [5.41, 5.74) is 6.62. The van der Waals surface area contributed by atoms with Gasteiger partial charge in [-0.1, -0.05) is 5.11 Å². The number of rotatable bonds is 6. The predicted octanol–water partition coefficient (Wildman–Crippen LogP) is -1.04. The van der Waals surface area contributed by atoms with Crippen molar-refractivity contribution in [2.75, 3.05) is 13.2 Å². The Morgan fingerprint density at radius 3 is 2.31 bits per heavy atom. The molecule has 0 spiro atoms. The normalized spacial score (nSPS) is 28.2. The molecule has 2 aromatic rings. The van der Waals surface area contributed by atoms with Gasteiger partial charge < -0.3 is 19.7 Å². The molecule has 4 heterocycles. The monoisotopic (exact) mass is 491 g/mol. The summed E-state index contributed by atoms with van der Waals surface area (Å²) in [5, 5.41) is 23.1. The average Bonchev–Trinajstić information content (AvgIpc) is 3.43. The van der Waals surface area contributed by atoms with Crippen molar-refractivity contribution in [2.45, 2.75) is 63.4 Å². The molecule has 2 fully saturated rings. The summed E-state index contributed by atoms with van der Waals surface area (Å²) in [6.07, 6.45) is -0.929. The molecule has 0 saturated carbocycles. The minimum atomic E-state index is -0.995. The van der Waals surface area contributed by atoms with Crippen LogP contribution in [0.2, 0.25) is 0 Å². The lowest BCUT2D eigenvalue weighted by Gasteiger charge is -2.22. The van der Waals surface area contributed by atoms with Crippen LogP contribution in [0.5, 0.6) is 0 Å². The van der Waals surface area contributed by atoms with Crippen molar-refractivity contribution in [1.82, 2.24) is 18.7 Å². The third-order valence-electron chi connectivity index (χ3n) is 6.38. The molecule has 15 heteroatoms. The van der Waals surface area contributed by atoms with Crippen LogP contribution >= 0.6 is 0 Å². The molecule has 0 amide bonds. The fourth-order valence-electron chi connectivity index (χ4n) is 4.58. The fraction of sp³-hybridized carbons (Fsp3) is 0.600.